The van der Waals surface area contributed by atoms with Gasteiger partial charge in [-0.05, 0) is 13.0 Å². The molecule has 0 unspecified atom stereocenters. The summed E-state index contributed by atoms with van der Waals surface area (Å²) >= 11 is 17.2. The summed E-state index contributed by atoms with van der Waals surface area (Å²) in [6.45, 7) is 1.65. The van der Waals surface area contributed by atoms with Crippen molar-refractivity contribution in [1.29, 1.82) is 0 Å². The van der Waals surface area contributed by atoms with Gasteiger partial charge in [-0.3, -0.25) is 15.1 Å². The molecular weight excluding hydrogens is 313 g/mol. The molecule has 0 aliphatic rings. The fourth-order valence-corrected chi connectivity index (χ4v) is 1.52. The van der Waals surface area contributed by atoms with Crippen molar-refractivity contribution in [1.82, 2.24) is 19.9 Å². The molecule has 0 saturated carbocycles. The van der Waals surface area contributed by atoms with Crippen molar-refractivity contribution in [2.45, 2.75) is 10.7 Å². The fourth-order valence-electron chi connectivity index (χ4n) is 1.20. The molecule has 2 aromatic heterocycles. The maximum absolute atomic E-state index is 11.4. The van der Waals surface area contributed by atoms with Crippen LogP contribution in [0.4, 0.5) is 11.9 Å². The lowest BCUT2D eigenvalue weighted by atomic mass is 10.4. The molecule has 2 N–H and O–H groups in total. The van der Waals surface area contributed by atoms with Crippen molar-refractivity contribution in [3.8, 4) is 0 Å². The largest absolute Gasteiger partial charge is 0.294 e. The third-order valence-electron chi connectivity index (χ3n) is 2.15. The van der Waals surface area contributed by atoms with Gasteiger partial charge < -0.3 is 0 Å². The van der Waals surface area contributed by atoms with Crippen molar-refractivity contribution >= 4 is 46.7 Å². The number of H-pyrrole nitrogens is 1. The zero-order valence-electron chi connectivity index (χ0n) is 9.62. The maximum atomic E-state index is 11.4. The van der Waals surface area contributed by atoms with E-state index in [1.165, 1.54) is 18.5 Å². The summed E-state index contributed by atoms with van der Waals surface area (Å²) < 4.78 is -1.65. The minimum atomic E-state index is -1.65. The number of hydrogen-bond acceptors (Lipinski definition) is 5. The van der Waals surface area contributed by atoms with Gasteiger partial charge in [0.15, 0.2) is 0 Å². The van der Waals surface area contributed by atoms with Crippen molar-refractivity contribution < 1.29 is 0 Å². The summed E-state index contributed by atoms with van der Waals surface area (Å²) in [5.41, 5.74) is 0.459. The number of anilines is 2. The van der Waals surface area contributed by atoms with Gasteiger partial charge in [0.25, 0.3) is 5.56 Å². The number of nitrogens with zero attached hydrogens (tertiary/aromatic N) is 3. The first-order chi connectivity index (χ1) is 8.86. The number of aromatic amines is 1. The molecule has 0 aromatic carbocycles. The molecule has 0 spiro atoms. The average Bonchev–Trinajstić information content (AvgIpc) is 2.33. The highest BCUT2D eigenvalue weighted by atomic mass is 35.6. The third-order valence-corrected chi connectivity index (χ3v) is 2.73. The Bertz CT molecular complexity index is 652. The molecule has 0 aliphatic carbocycles. The predicted molar refractivity (Wildman–Crippen MR) is 74.1 cm³/mol. The van der Waals surface area contributed by atoms with Gasteiger partial charge in [-0.15, -0.1) is 0 Å². The molecule has 0 atom stereocenters. The summed E-state index contributed by atoms with van der Waals surface area (Å²) in [5.74, 6) is 0.368. The normalized spacial score (nSPS) is 11.4. The SMILES string of the molecule is Cc1cnc(Nc2nccc(C(Cl)(Cl)Cl)n2)[nH]c1=O. The molecular formula is C10H8Cl3N5O. The molecule has 0 saturated heterocycles. The van der Waals surface area contributed by atoms with Crippen molar-refractivity contribution in [2.75, 3.05) is 5.32 Å². The number of halogens is 3. The molecule has 0 bridgehead atoms. The quantitative estimate of drug-likeness (QED) is 0.830. The summed E-state index contributed by atoms with van der Waals surface area (Å²) in [6, 6.07) is 1.48. The number of rotatable bonds is 2. The van der Waals surface area contributed by atoms with Crippen LogP contribution in [0.1, 0.15) is 11.3 Å². The zero-order valence-corrected chi connectivity index (χ0v) is 11.9. The first kappa shape index (κ1) is 14.0. The monoisotopic (exact) mass is 319 g/mol. The van der Waals surface area contributed by atoms with Crippen LogP contribution in [0.15, 0.2) is 23.3 Å². The predicted octanol–water partition coefficient (Wildman–Crippen LogP) is 2.44. The van der Waals surface area contributed by atoms with E-state index in [1.807, 2.05) is 0 Å². The van der Waals surface area contributed by atoms with E-state index in [0.717, 1.165) is 0 Å². The Kier molecular flexibility index (Phi) is 3.93. The van der Waals surface area contributed by atoms with Gasteiger partial charge in [0.1, 0.15) is 0 Å². The Morgan fingerprint density at radius 2 is 2.05 bits per heavy atom. The third kappa shape index (κ3) is 3.56. The molecule has 19 heavy (non-hydrogen) atoms. The Balaban J connectivity index is 2.28. The van der Waals surface area contributed by atoms with E-state index in [0.29, 0.717) is 5.56 Å². The minimum absolute atomic E-state index is 0.163. The van der Waals surface area contributed by atoms with Gasteiger partial charge in [0.2, 0.25) is 15.7 Å². The minimum Gasteiger partial charge on any atom is -0.294 e. The summed E-state index contributed by atoms with van der Waals surface area (Å²) in [5, 5.41) is 2.72. The molecule has 2 rings (SSSR count). The van der Waals surface area contributed by atoms with Gasteiger partial charge in [0, 0.05) is 18.0 Å². The Morgan fingerprint density at radius 1 is 1.32 bits per heavy atom. The molecule has 0 aliphatic heterocycles. The highest BCUT2D eigenvalue weighted by Crippen LogP contribution is 2.36. The van der Waals surface area contributed by atoms with Gasteiger partial charge in [-0.2, -0.15) is 0 Å². The van der Waals surface area contributed by atoms with Crippen LogP contribution in [-0.4, -0.2) is 19.9 Å². The van der Waals surface area contributed by atoms with E-state index in [4.69, 9.17) is 34.8 Å². The lowest BCUT2D eigenvalue weighted by Gasteiger charge is -2.11. The van der Waals surface area contributed by atoms with Crippen LogP contribution in [0.5, 0.6) is 0 Å². The first-order valence-electron chi connectivity index (χ1n) is 5.09. The summed E-state index contributed by atoms with van der Waals surface area (Å²) in [7, 11) is 0. The Morgan fingerprint density at radius 3 is 2.68 bits per heavy atom. The van der Waals surface area contributed by atoms with E-state index >= 15 is 0 Å². The lowest BCUT2D eigenvalue weighted by molar-refractivity contribution is 1.01. The number of aryl methyl sites for hydroxylation is 1. The zero-order chi connectivity index (χ0) is 14.0. The molecule has 0 radical (unpaired) electrons. The van der Waals surface area contributed by atoms with E-state index in [1.54, 1.807) is 6.92 Å². The molecule has 6 nitrogen and oxygen atoms in total. The van der Waals surface area contributed by atoms with Crippen LogP contribution in [0, 0.1) is 6.92 Å². The number of aromatic nitrogens is 4. The first-order valence-corrected chi connectivity index (χ1v) is 6.23. The second-order valence-corrected chi connectivity index (χ2v) is 5.91. The smallest absolute Gasteiger partial charge is 0.255 e. The maximum Gasteiger partial charge on any atom is 0.255 e. The van der Waals surface area contributed by atoms with E-state index in [9.17, 15) is 4.79 Å². The van der Waals surface area contributed by atoms with Crippen LogP contribution in [0.3, 0.4) is 0 Å². The summed E-state index contributed by atoms with van der Waals surface area (Å²) in [4.78, 5) is 25.9. The highest BCUT2D eigenvalue weighted by molar-refractivity contribution is 6.66. The standard InChI is InChI=1S/C10H8Cl3N5O/c1-5-4-15-9(17-7(5)19)18-8-14-3-2-6(16-8)10(11,12)13/h2-4H,1H3,(H2,14,15,16,17,18,19). The number of nitrogens with one attached hydrogen (secondary N) is 2. The molecule has 0 fully saturated rings. The number of alkyl halides is 3. The topological polar surface area (TPSA) is 83.6 Å². The molecule has 0 amide bonds. The van der Waals surface area contributed by atoms with Crippen LogP contribution in [0.25, 0.3) is 0 Å². The summed E-state index contributed by atoms with van der Waals surface area (Å²) in [6.07, 6.45) is 2.86. The van der Waals surface area contributed by atoms with E-state index in [2.05, 4.69) is 25.3 Å². The Labute approximate surface area is 123 Å². The van der Waals surface area contributed by atoms with Gasteiger partial charge >= 0.3 is 0 Å². The lowest BCUT2D eigenvalue weighted by Crippen LogP contribution is -2.14. The van der Waals surface area contributed by atoms with Crippen molar-refractivity contribution in [3.05, 3.63) is 40.1 Å². The fraction of sp³-hybridized carbons (Fsp3) is 0.200. The molecule has 9 heteroatoms. The molecule has 100 valence electrons. The van der Waals surface area contributed by atoms with Gasteiger partial charge in [-0.25, -0.2) is 15.0 Å². The van der Waals surface area contributed by atoms with E-state index < -0.39 is 3.79 Å². The van der Waals surface area contributed by atoms with Crippen molar-refractivity contribution in [2.24, 2.45) is 0 Å². The van der Waals surface area contributed by atoms with Crippen LogP contribution < -0.4 is 10.9 Å². The second kappa shape index (κ2) is 5.32. The van der Waals surface area contributed by atoms with Crippen LogP contribution in [0.2, 0.25) is 0 Å². The Hall–Kier alpha value is -1.37. The van der Waals surface area contributed by atoms with Crippen LogP contribution >= 0.6 is 34.8 Å². The molecule has 2 heterocycles. The number of hydrogen-bond donors (Lipinski definition) is 2. The van der Waals surface area contributed by atoms with Crippen LogP contribution in [-0.2, 0) is 3.79 Å². The average molecular weight is 321 g/mol. The van der Waals surface area contributed by atoms with E-state index in [-0.39, 0.29) is 23.1 Å². The molecule has 2 aromatic rings. The highest BCUT2D eigenvalue weighted by Gasteiger charge is 2.25. The second-order valence-electron chi connectivity index (χ2n) is 3.63. The van der Waals surface area contributed by atoms with Gasteiger partial charge in [-0.1, -0.05) is 34.8 Å². The van der Waals surface area contributed by atoms with Gasteiger partial charge in [0.05, 0.1) is 5.69 Å². The van der Waals surface area contributed by atoms with Crippen molar-refractivity contribution in [3.63, 3.8) is 0 Å².